The molecule has 0 unspecified atom stereocenters. The molecule has 3 rings (SSSR count). The Morgan fingerprint density at radius 2 is 2.05 bits per heavy atom. The summed E-state index contributed by atoms with van der Waals surface area (Å²) in [7, 11) is 0. The van der Waals surface area contributed by atoms with Gasteiger partial charge in [0.1, 0.15) is 5.82 Å². The second-order valence-electron chi connectivity index (χ2n) is 5.58. The van der Waals surface area contributed by atoms with Crippen LogP contribution in [0.5, 0.6) is 0 Å². The van der Waals surface area contributed by atoms with Crippen molar-refractivity contribution in [3.8, 4) is 0 Å². The smallest absolute Gasteiger partial charge is 0.223 e. The number of nitrogens with one attached hydrogen (secondary N) is 1. The third-order valence-corrected chi connectivity index (χ3v) is 4.32. The van der Waals surface area contributed by atoms with Crippen LogP contribution in [0.4, 0.5) is 0 Å². The largest absolute Gasteiger partial charge is 0.333 e. The molecule has 21 heavy (non-hydrogen) atoms. The van der Waals surface area contributed by atoms with Gasteiger partial charge in [0.05, 0.1) is 6.54 Å². The quantitative estimate of drug-likeness (QED) is 0.917. The summed E-state index contributed by atoms with van der Waals surface area (Å²) in [6, 6.07) is 0. The molecule has 1 saturated heterocycles. The molecule has 5 nitrogen and oxygen atoms in total. The molecule has 0 aromatic carbocycles. The number of imidazole rings is 1. The molecule has 0 atom stereocenters. The molecule has 0 spiro atoms. The SMILES string of the molecule is Cl.Cl.O=C(CCC1CCNCC1)N1CCn2ccnc2C1. The Hall–Kier alpha value is -0.780. The number of halogens is 2. The number of hydrogen-bond donors (Lipinski definition) is 1. The molecular weight excluding hydrogens is 311 g/mol. The van der Waals surface area contributed by atoms with E-state index in [1.807, 2.05) is 17.3 Å². The summed E-state index contributed by atoms with van der Waals surface area (Å²) < 4.78 is 2.14. The summed E-state index contributed by atoms with van der Waals surface area (Å²) in [5.74, 6) is 2.05. The summed E-state index contributed by atoms with van der Waals surface area (Å²) >= 11 is 0. The van der Waals surface area contributed by atoms with E-state index in [4.69, 9.17) is 0 Å². The fraction of sp³-hybridized carbons (Fsp3) is 0.714. The van der Waals surface area contributed by atoms with Crippen molar-refractivity contribution in [2.45, 2.75) is 38.8 Å². The van der Waals surface area contributed by atoms with E-state index in [0.29, 0.717) is 18.9 Å². The number of carbonyl (C=O) groups excluding carboxylic acids is 1. The maximum absolute atomic E-state index is 12.2. The summed E-state index contributed by atoms with van der Waals surface area (Å²) in [5.41, 5.74) is 0. The lowest BCUT2D eigenvalue weighted by Crippen LogP contribution is -2.38. The third kappa shape index (κ3) is 4.59. The zero-order valence-electron chi connectivity index (χ0n) is 12.2. The fourth-order valence-corrected chi connectivity index (χ4v) is 3.04. The van der Waals surface area contributed by atoms with Gasteiger partial charge in [-0.3, -0.25) is 4.79 Å². The summed E-state index contributed by atoms with van der Waals surface area (Å²) in [6.07, 6.45) is 8.00. The van der Waals surface area contributed by atoms with E-state index < -0.39 is 0 Å². The lowest BCUT2D eigenvalue weighted by Gasteiger charge is -2.29. The molecule has 120 valence electrons. The predicted octanol–water partition coefficient (Wildman–Crippen LogP) is 1.85. The van der Waals surface area contributed by atoms with Crippen LogP contribution >= 0.6 is 24.8 Å². The highest BCUT2D eigenvalue weighted by molar-refractivity contribution is 5.85. The van der Waals surface area contributed by atoms with Gasteiger partial charge in [0.25, 0.3) is 0 Å². The summed E-state index contributed by atoms with van der Waals surface area (Å²) in [5, 5.41) is 3.37. The van der Waals surface area contributed by atoms with Crippen LogP contribution in [-0.4, -0.2) is 40.0 Å². The van der Waals surface area contributed by atoms with Gasteiger partial charge in [0, 0.05) is 31.9 Å². The van der Waals surface area contributed by atoms with Crippen molar-refractivity contribution >= 4 is 30.7 Å². The highest BCUT2D eigenvalue weighted by Gasteiger charge is 2.22. The van der Waals surface area contributed by atoms with Crippen LogP contribution in [0.15, 0.2) is 12.4 Å². The summed E-state index contributed by atoms with van der Waals surface area (Å²) in [4.78, 5) is 18.5. The lowest BCUT2D eigenvalue weighted by molar-refractivity contribution is -0.133. The molecule has 2 aliphatic heterocycles. The zero-order valence-corrected chi connectivity index (χ0v) is 13.8. The average Bonchev–Trinajstić information content (AvgIpc) is 2.93. The van der Waals surface area contributed by atoms with Crippen LogP contribution in [0.3, 0.4) is 0 Å². The van der Waals surface area contributed by atoms with Crippen LogP contribution in [0.2, 0.25) is 0 Å². The standard InChI is InChI=1S/C14H22N4O.2ClH/c19-14(2-1-12-3-5-15-6-4-12)18-10-9-17-8-7-16-13(17)11-18;;/h7-8,12,15H,1-6,9-11H2;2*1H. The molecule has 1 amide bonds. The van der Waals surface area contributed by atoms with Crippen molar-refractivity contribution in [1.29, 1.82) is 0 Å². The van der Waals surface area contributed by atoms with Crippen LogP contribution in [0.25, 0.3) is 0 Å². The number of amides is 1. The van der Waals surface area contributed by atoms with Crippen molar-refractivity contribution < 1.29 is 4.79 Å². The van der Waals surface area contributed by atoms with E-state index in [9.17, 15) is 4.79 Å². The summed E-state index contributed by atoms with van der Waals surface area (Å²) in [6.45, 7) is 4.61. The van der Waals surface area contributed by atoms with E-state index in [2.05, 4.69) is 14.9 Å². The average molecular weight is 335 g/mol. The first kappa shape index (κ1) is 18.3. The van der Waals surface area contributed by atoms with Crippen molar-refractivity contribution in [2.24, 2.45) is 5.92 Å². The Morgan fingerprint density at radius 1 is 1.29 bits per heavy atom. The normalized spacial score (nSPS) is 18.4. The Morgan fingerprint density at radius 3 is 2.81 bits per heavy atom. The number of rotatable bonds is 3. The molecule has 1 N–H and O–H groups in total. The molecule has 2 aliphatic rings. The molecule has 3 heterocycles. The van der Waals surface area contributed by atoms with Crippen molar-refractivity contribution in [3.05, 3.63) is 18.2 Å². The second-order valence-corrected chi connectivity index (χ2v) is 5.58. The highest BCUT2D eigenvalue weighted by atomic mass is 35.5. The van der Waals surface area contributed by atoms with Crippen LogP contribution in [0.1, 0.15) is 31.5 Å². The maximum Gasteiger partial charge on any atom is 0.223 e. The number of piperidine rings is 1. The Balaban J connectivity index is 0.00000110. The number of fused-ring (bicyclic) bond motifs is 1. The second kappa shape index (κ2) is 8.61. The van der Waals surface area contributed by atoms with Gasteiger partial charge in [-0.25, -0.2) is 4.98 Å². The maximum atomic E-state index is 12.2. The monoisotopic (exact) mass is 334 g/mol. The highest BCUT2D eigenvalue weighted by Crippen LogP contribution is 2.19. The molecule has 0 bridgehead atoms. The van der Waals surface area contributed by atoms with E-state index in [1.54, 1.807) is 0 Å². The third-order valence-electron chi connectivity index (χ3n) is 4.32. The lowest BCUT2D eigenvalue weighted by atomic mass is 9.93. The minimum absolute atomic E-state index is 0. The van der Waals surface area contributed by atoms with Gasteiger partial charge >= 0.3 is 0 Å². The van der Waals surface area contributed by atoms with Gasteiger partial charge in [0.15, 0.2) is 0 Å². The van der Waals surface area contributed by atoms with Gasteiger partial charge in [-0.05, 0) is 38.3 Å². The fourth-order valence-electron chi connectivity index (χ4n) is 3.04. The van der Waals surface area contributed by atoms with Crippen LogP contribution < -0.4 is 5.32 Å². The molecule has 1 fully saturated rings. The first-order valence-corrected chi connectivity index (χ1v) is 7.31. The molecule has 0 radical (unpaired) electrons. The van der Waals surface area contributed by atoms with Gasteiger partial charge in [-0.2, -0.15) is 0 Å². The molecular formula is C14H24Cl2N4O. The number of carbonyl (C=O) groups is 1. The van der Waals surface area contributed by atoms with Gasteiger partial charge < -0.3 is 14.8 Å². The minimum Gasteiger partial charge on any atom is -0.333 e. The first-order chi connectivity index (χ1) is 9.33. The van der Waals surface area contributed by atoms with E-state index >= 15 is 0 Å². The van der Waals surface area contributed by atoms with E-state index in [-0.39, 0.29) is 24.8 Å². The Bertz CT molecular complexity index is 446. The topological polar surface area (TPSA) is 50.2 Å². The molecule has 0 saturated carbocycles. The van der Waals surface area contributed by atoms with Crippen LogP contribution in [0, 0.1) is 5.92 Å². The number of aromatic nitrogens is 2. The van der Waals surface area contributed by atoms with Crippen molar-refractivity contribution in [1.82, 2.24) is 19.8 Å². The minimum atomic E-state index is 0. The number of hydrogen-bond acceptors (Lipinski definition) is 3. The molecule has 1 aromatic rings. The molecule has 0 aliphatic carbocycles. The van der Waals surface area contributed by atoms with Crippen molar-refractivity contribution in [3.63, 3.8) is 0 Å². The zero-order chi connectivity index (χ0) is 13.1. The Kier molecular flexibility index (Phi) is 7.49. The van der Waals surface area contributed by atoms with Crippen molar-refractivity contribution in [2.75, 3.05) is 19.6 Å². The van der Waals surface area contributed by atoms with E-state index in [1.165, 1.54) is 12.8 Å². The predicted molar refractivity (Wildman–Crippen MR) is 87.0 cm³/mol. The molecule has 7 heteroatoms. The van der Waals surface area contributed by atoms with Crippen LogP contribution in [-0.2, 0) is 17.9 Å². The van der Waals surface area contributed by atoms with Gasteiger partial charge in [-0.1, -0.05) is 0 Å². The van der Waals surface area contributed by atoms with Gasteiger partial charge in [0.2, 0.25) is 5.91 Å². The van der Waals surface area contributed by atoms with Gasteiger partial charge in [-0.15, -0.1) is 24.8 Å². The van der Waals surface area contributed by atoms with E-state index in [0.717, 1.165) is 44.3 Å². The molecule has 1 aromatic heterocycles. The first-order valence-electron chi connectivity index (χ1n) is 7.31. The Labute approximate surface area is 138 Å². The number of nitrogens with zero attached hydrogens (tertiary/aromatic N) is 3.